The molecule has 0 spiro atoms. The lowest BCUT2D eigenvalue weighted by molar-refractivity contribution is -0.158. The molecule has 31 heavy (non-hydrogen) atoms. The number of carbonyl (C=O) groups excluding carboxylic acids is 2. The first-order valence-electron chi connectivity index (χ1n) is 10.7. The van der Waals surface area contributed by atoms with E-state index in [1.165, 1.54) is 0 Å². The van der Waals surface area contributed by atoms with Crippen molar-refractivity contribution in [2.75, 3.05) is 0 Å². The Labute approximate surface area is 187 Å². The summed E-state index contributed by atoms with van der Waals surface area (Å²) < 4.78 is 11.9. The van der Waals surface area contributed by atoms with Gasteiger partial charge in [-0.25, -0.2) is 4.79 Å². The van der Waals surface area contributed by atoms with Crippen molar-refractivity contribution in [2.24, 2.45) is 5.92 Å². The molecule has 0 aliphatic carbocycles. The lowest BCUT2D eigenvalue weighted by Gasteiger charge is -2.43. The van der Waals surface area contributed by atoms with Crippen LogP contribution in [0, 0.1) is 5.92 Å². The molecule has 0 aliphatic heterocycles. The van der Waals surface area contributed by atoms with E-state index in [1.807, 2.05) is 36.4 Å². The molecule has 0 amide bonds. The first kappa shape index (κ1) is 24.6. The summed E-state index contributed by atoms with van der Waals surface area (Å²) in [5.41, 5.74) is 0. The third-order valence-electron chi connectivity index (χ3n) is 5.24. The smallest absolute Gasteiger partial charge is 0.375 e. The second-order valence-corrected chi connectivity index (χ2v) is 13.4. The molecule has 1 atom stereocenters. The largest absolute Gasteiger partial charge is 0.538 e. The van der Waals surface area contributed by atoms with Gasteiger partial charge in [-0.2, -0.15) is 0 Å². The van der Waals surface area contributed by atoms with Crippen LogP contribution in [0.4, 0.5) is 0 Å². The molecule has 0 heterocycles. The maximum atomic E-state index is 12.5. The van der Waals surface area contributed by atoms with Gasteiger partial charge >= 0.3 is 14.3 Å². The molecule has 0 aromatic heterocycles. The standard InChI is InChI=1S/C26H34O4Si/c1-19(2)29-25(28)24(27)20(3)18-21(4)30-31(26(5,6)7,22-14-10-8-11-15-22)23-16-12-9-13-17-23/h8-17,19-20H,4,18H2,1-3,5-7H3/t20-/m0/s1. The lowest BCUT2D eigenvalue weighted by atomic mass is 10.0. The number of esters is 1. The minimum atomic E-state index is -2.79. The van der Waals surface area contributed by atoms with Crippen molar-refractivity contribution in [3.63, 3.8) is 0 Å². The number of hydrogen-bond acceptors (Lipinski definition) is 4. The van der Waals surface area contributed by atoms with E-state index in [-0.39, 0.29) is 17.6 Å². The van der Waals surface area contributed by atoms with Crippen LogP contribution in [0.25, 0.3) is 0 Å². The zero-order valence-electron chi connectivity index (χ0n) is 19.5. The van der Waals surface area contributed by atoms with Gasteiger partial charge < -0.3 is 9.16 Å². The molecule has 0 unspecified atom stereocenters. The van der Waals surface area contributed by atoms with Crippen LogP contribution in [0.2, 0.25) is 5.04 Å². The molecule has 2 rings (SSSR count). The third kappa shape index (κ3) is 5.73. The van der Waals surface area contributed by atoms with Crippen LogP contribution in [0.1, 0.15) is 48.0 Å². The molecule has 0 saturated carbocycles. The SMILES string of the molecule is C=C(C[C@H](C)C(=O)C(=O)OC(C)C)O[Si](c1ccccc1)(c1ccccc1)C(C)(C)C. The van der Waals surface area contributed by atoms with Crippen molar-refractivity contribution < 1.29 is 18.8 Å². The van der Waals surface area contributed by atoms with E-state index in [0.717, 1.165) is 10.4 Å². The molecule has 4 nitrogen and oxygen atoms in total. The molecule has 5 heteroatoms. The second kappa shape index (κ2) is 10.1. The quantitative estimate of drug-likeness (QED) is 0.248. The van der Waals surface area contributed by atoms with Crippen LogP contribution in [-0.4, -0.2) is 26.2 Å². The van der Waals surface area contributed by atoms with Crippen LogP contribution in [-0.2, 0) is 18.8 Å². The van der Waals surface area contributed by atoms with E-state index in [9.17, 15) is 9.59 Å². The van der Waals surface area contributed by atoms with Gasteiger partial charge in [0.15, 0.2) is 0 Å². The fraction of sp³-hybridized carbons (Fsp3) is 0.385. The van der Waals surface area contributed by atoms with Gasteiger partial charge in [-0.3, -0.25) is 4.79 Å². The van der Waals surface area contributed by atoms with Crippen LogP contribution in [0.3, 0.4) is 0 Å². The topological polar surface area (TPSA) is 52.6 Å². The Morgan fingerprint density at radius 2 is 1.35 bits per heavy atom. The summed E-state index contributed by atoms with van der Waals surface area (Å²) >= 11 is 0. The van der Waals surface area contributed by atoms with Gasteiger partial charge in [-0.15, -0.1) is 0 Å². The predicted molar refractivity (Wildman–Crippen MR) is 128 cm³/mol. The summed E-state index contributed by atoms with van der Waals surface area (Å²) in [6.45, 7) is 15.9. The second-order valence-electron chi connectivity index (χ2n) is 9.23. The molecule has 2 aromatic carbocycles. The van der Waals surface area contributed by atoms with Crippen molar-refractivity contribution >= 4 is 30.4 Å². The van der Waals surface area contributed by atoms with E-state index < -0.39 is 26.0 Å². The number of ether oxygens (including phenoxy) is 1. The number of ketones is 1. The molecule has 0 aliphatic rings. The Kier molecular flexibility index (Phi) is 8.01. The molecule has 0 radical (unpaired) electrons. The van der Waals surface area contributed by atoms with Gasteiger partial charge in [0.05, 0.1) is 11.9 Å². The highest BCUT2D eigenvalue weighted by atomic mass is 28.4. The first-order valence-corrected chi connectivity index (χ1v) is 12.6. The number of allylic oxidation sites excluding steroid dienone is 1. The Morgan fingerprint density at radius 1 is 0.903 bits per heavy atom. The van der Waals surface area contributed by atoms with Crippen molar-refractivity contribution in [3.05, 3.63) is 73.0 Å². The highest BCUT2D eigenvalue weighted by Crippen LogP contribution is 2.38. The summed E-state index contributed by atoms with van der Waals surface area (Å²) in [5.74, 6) is -1.42. The highest BCUT2D eigenvalue weighted by Gasteiger charge is 2.52. The zero-order chi connectivity index (χ0) is 23.2. The molecular weight excluding hydrogens is 404 g/mol. The molecule has 166 valence electrons. The van der Waals surface area contributed by atoms with Crippen LogP contribution in [0.15, 0.2) is 73.0 Å². The molecule has 0 bridgehead atoms. The number of carbonyl (C=O) groups is 2. The zero-order valence-corrected chi connectivity index (χ0v) is 20.5. The fourth-order valence-electron chi connectivity index (χ4n) is 3.82. The van der Waals surface area contributed by atoms with E-state index >= 15 is 0 Å². The van der Waals surface area contributed by atoms with Gasteiger partial charge in [0, 0.05) is 12.3 Å². The minimum absolute atomic E-state index is 0.206. The van der Waals surface area contributed by atoms with Gasteiger partial charge in [0.2, 0.25) is 5.78 Å². The van der Waals surface area contributed by atoms with Crippen molar-refractivity contribution in [3.8, 4) is 0 Å². The monoisotopic (exact) mass is 438 g/mol. The van der Waals surface area contributed by atoms with Crippen LogP contribution in [0.5, 0.6) is 0 Å². The number of Topliss-reactive ketones (excluding diaryl/α,β-unsaturated/α-hetero) is 1. The predicted octanol–water partition coefficient (Wildman–Crippen LogP) is 4.62. The van der Waals surface area contributed by atoms with E-state index in [4.69, 9.17) is 9.16 Å². The van der Waals surface area contributed by atoms with Gasteiger partial charge in [0.25, 0.3) is 0 Å². The number of rotatable bonds is 9. The Hall–Kier alpha value is -2.66. The highest BCUT2D eigenvalue weighted by molar-refractivity contribution is 6.99. The maximum absolute atomic E-state index is 12.5. The fourth-order valence-corrected chi connectivity index (χ4v) is 8.26. The summed E-state index contributed by atoms with van der Waals surface area (Å²) in [6.07, 6.45) is -0.0727. The lowest BCUT2D eigenvalue weighted by Crippen LogP contribution is -2.66. The maximum Gasteiger partial charge on any atom is 0.375 e. The Morgan fingerprint density at radius 3 is 1.74 bits per heavy atom. The van der Waals surface area contributed by atoms with Gasteiger partial charge in [0.1, 0.15) is 0 Å². The third-order valence-corrected chi connectivity index (χ3v) is 10.2. The number of benzene rings is 2. The normalized spacial score (nSPS) is 12.9. The van der Waals surface area contributed by atoms with Crippen molar-refractivity contribution in [1.82, 2.24) is 0 Å². The average Bonchev–Trinajstić information content (AvgIpc) is 2.71. The Bertz CT molecular complexity index is 859. The minimum Gasteiger partial charge on any atom is -0.538 e. The van der Waals surface area contributed by atoms with Crippen LogP contribution >= 0.6 is 0 Å². The summed E-state index contributed by atoms with van der Waals surface area (Å²) in [6, 6.07) is 20.5. The van der Waals surface area contributed by atoms with E-state index in [0.29, 0.717) is 5.76 Å². The molecule has 2 aromatic rings. The number of hydrogen-bond donors (Lipinski definition) is 0. The average molecular weight is 439 g/mol. The van der Waals surface area contributed by atoms with E-state index in [2.05, 4.69) is 51.6 Å². The molecule has 0 saturated heterocycles. The first-order chi connectivity index (χ1) is 14.5. The van der Waals surface area contributed by atoms with E-state index in [1.54, 1.807) is 20.8 Å². The van der Waals surface area contributed by atoms with Gasteiger partial charge in [-0.1, -0.05) is 94.9 Å². The van der Waals surface area contributed by atoms with Crippen LogP contribution < -0.4 is 10.4 Å². The van der Waals surface area contributed by atoms with Crippen molar-refractivity contribution in [2.45, 2.75) is 59.1 Å². The summed E-state index contributed by atoms with van der Waals surface area (Å²) in [4.78, 5) is 24.5. The Balaban J connectivity index is 2.39. The molecular formula is C26H34O4Si. The van der Waals surface area contributed by atoms with Gasteiger partial charge in [-0.05, 0) is 29.3 Å². The molecule has 0 N–H and O–H groups in total. The van der Waals surface area contributed by atoms with Crippen molar-refractivity contribution in [1.29, 1.82) is 0 Å². The summed E-state index contributed by atoms with van der Waals surface area (Å²) in [7, 11) is -2.79. The molecule has 0 fully saturated rings. The summed E-state index contributed by atoms with van der Waals surface area (Å²) in [5, 5.41) is 2.06.